The summed E-state index contributed by atoms with van der Waals surface area (Å²) in [6, 6.07) is 12.5. The first-order chi connectivity index (χ1) is 9.58. The van der Waals surface area contributed by atoms with Crippen LogP contribution in [0.2, 0.25) is 0 Å². The zero-order chi connectivity index (χ0) is 14.5. The molecule has 0 fully saturated rings. The molecule has 0 aliphatic heterocycles. The monoisotopic (exact) mass is 274 g/mol. The van der Waals surface area contributed by atoms with Crippen molar-refractivity contribution in [2.75, 3.05) is 11.9 Å². The molecule has 0 aromatic heterocycles. The number of anilines is 1. The van der Waals surface area contributed by atoms with Crippen LogP contribution in [0.15, 0.2) is 42.5 Å². The topological polar surface area (TPSA) is 98.7 Å². The lowest BCUT2D eigenvalue weighted by Crippen LogP contribution is -2.38. The van der Waals surface area contributed by atoms with Crippen LogP contribution in [0.25, 0.3) is 10.8 Å². The number of hydrogen-bond acceptors (Lipinski definition) is 3. The Morgan fingerprint density at radius 2 is 1.80 bits per heavy atom. The molecule has 0 spiro atoms. The molecule has 104 valence electrons. The van der Waals surface area contributed by atoms with Crippen LogP contribution in [-0.2, 0) is 4.79 Å². The van der Waals surface area contributed by atoms with E-state index in [1.807, 2.05) is 36.4 Å². The molecule has 0 aliphatic carbocycles. The molecule has 0 bridgehead atoms. The van der Waals surface area contributed by atoms with Crippen molar-refractivity contribution in [3.63, 3.8) is 0 Å². The number of carbonyl (C=O) groups is 2. The molecule has 6 heteroatoms. The lowest BCUT2D eigenvalue weighted by atomic mass is 10.1. The van der Waals surface area contributed by atoms with Gasteiger partial charge in [0.1, 0.15) is 0 Å². The first-order valence-electron chi connectivity index (χ1n) is 6.01. The fraction of sp³-hybridized carbons (Fsp3) is 0.143. The minimum atomic E-state index is -1.62. The van der Waals surface area contributed by atoms with Gasteiger partial charge in [-0.3, -0.25) is 0 Å². The molecule has 2 aromatic carbocycles. The SMILES string of the molecule is O=C(NC[C@H](O)C(=O)O)Nc1cccc2ccccc12. The minimum absolute atomic E-state index is 0.355. The quantitative estimate of drug-likeness (QED) is 0.677. The van der Waals surface area contributed by atoms with Crippen molar-refractivity contribution in [3.8, 4) is 0 Å². The molecular weight excluding hydrogens is 260 g/mol. The summed E-state index contributed by atoms with van der Waals surface area (Å²) in [6.07, 6.45) is -1.62. The first-order valence-corrected chi connectivity index (χ1v) is 6.01. The maximum Gasteiger partial charge on any atom is 0.334 e. The van der Waals surface area contributed by atoms with Crippen molar-refractivity contribution in [1.82, 2.24) is 5.32 Å². The first kappa shape index (κ1) is 13.8. The summed E-state index contributed by atoms with van der Waals surface area (Å²) in [5.74, 6) is -1.38. The van der Waals surface area contributed by atoms with Crippen molar-refractivity contribution in [3.05, 3.63) is 42.5 Å². The number of fused-ring (bicyclic) bond motifs is 1. The third-order valence-electron chi connectivity index (χ3n) is 2.78. The van der Waals surface area contributed by atoms with E-state index < -0.39 is 18.1 Å². The summed E-state index contributed by atoms with van der Waals surface area (Å²) in [5.41, 5.74) is 0.616. The Hall–Kier alpha value is -2.60. The van der Waals surface area contributed by atoms with Crippen molar-refractivity contribution in [1.29, 1.82) is 0 Å². The van der Waals surface area contributed by atoms with E-state index in [0.717, 1.165) is 10.8 Å². The summed E-state index contributed by atoms with van der Waals surface area (Å²) in [7, 11) is 0. The Bertz CT molecular complexity index is 637. The molecule has 1 atom stereocenters. The summed E-state index contributed by atoms with van der Waals surface area (Å²) in [5, 5.41) is 24.4. The van der Waals surface area contributed by atoms with Crippen LogP contribution in [0.5, 0.6) is 0 Å². The molecule has 20 heavy (non-hydrogen) atoms. The summed E-state index contributed by atoms with van der Waals surface area (Å²) in [4.78, 5) is 22.1. The summed E-state index contributed by atoms with van der Waals surface area (Å²) in [6.45, 7) is -0.355. The van der Waals surface area contributed by atoms with Gasteiger partial charge in [0.05, 0.1) is 12.2 Å². The Labute approximate surface area is 115 Å². The van der Waals surface area contributed by atoms with Gasteiger partial charge in [-0.15, -0.1) is 0 Å². The number of aliphatic carboxylic acids is 1. The lowest BCUT2D eigenvalue weighted by molar-refractivity contribution is -0.146. The molecule has 2 rings (SSSR count). The molecule has 0 heterocycles. The number of rotatable bonds is 4. The van der Waals surface area contributed by atoms with Gasteiger partial charge in [0, 0.05) is 5.39 Å². The van der Waals surface area contributed by atoms with Gasteiger partial charge in [0.2, 0.25) is 0 Å². The van der Waals surface area contributed by atoms with Crippen LogP contribution in [0.1, 0.15) is 0 Å². The zero-order valence-corrected chi connectivity index (χ0v) is 10.5. The van der Waals surface area contributed by atoms with Crippen LogP contribution in [-0.4, -0.2) is 34.9 Å². The van der Waals surface area contributed by atoms with Crippen LogP contribution in [0.3, 0.4) is 0 Å². The average molecular weight is 274 g/mol. The maximum absolute atomic E-state index is 11.7. The van der Waals surface area contributed by atoms with E-state index in [-0.39, 0.29) is 6.54 Å². The number of carbonyl (C=O) groups excluding carboxylic acids is 1. The van der Waals surface area contributed by atoms with Gasteiger partial charge in [0.15, 0.2) is 6.10 Å². The molecule has 2 aromatic rings. The van der Waals surface area contributed by atoms with Gasteiger partial charge in [0.25, 0.3) is 0 Å². The zero-order valence-electron chi connectivity index (χ0n) is 10.5. The number of nitrogens with one attached hydrogen (secondary N) is 2. The lowest BCUT2D eigenvalue weighted by Gasteiger charge is -2.11. The van der Waals surface area contributed by atoms with Gasteiger partial charge < -0.3 is 20.8 Å². The van der Waals surface area contributed by atoms with E-state index in [4.69, 9.17) is 10.2 Å². The van der Waals surface area contributed by atoms with E-state index in [1.165, 1.54) is 0 Å². The number of carboxylic acid groups (broad SMARTS) is 1. The van der Waals surface area contributed by atoms with Gasteiger partial charge >= 0.3 is 12.0 Å². The second-order valence-electron chi connectivity index (χ2n) is 4.22. The van der Waals surface area contributed by atoms with Crippen molar-refractivity contribution in [2.45, 2.75) is 6.10 Å². The van der Waals surface area contributed by atoms with Crippen LogP contribution in [0, 0.1) is 0 Å². The van der Waals surface area contributed by atoms with E-state index in [0.29, 0.717) is 5.69 Å². The smallest absolute Gasteiger partial charge is 0.334 e. The van der Waals surface area contributed by atoms with Crippen LogP contribution < -0.4 is 10.6 Å². The Balaban J connectivity index is 2.05. The third kappa shape index (κ3) is 3.24. The maximum atomic E-state index is 11.7. The van der Waals surface area contributed by atoms with Gasteiger partial charge in [-0.2, -0.15) is 0 Å². The fourth-order valence-corrected chi connectivity index (χ4v) is 1.78. The van der Waals surface area contributed by atoms with E-state index >= 15 is 0 Å². The molecule has 4 N–H and O–H groups in total. The highest BCUT2D eigenvalue weighted by atomic mass is 16.4. The number of aliphatic hydroxyl groups is 1. The highest BCUT2D eigenvalue weighted by Crippen LogP contribution is 2.22. The highest BCUT2D eigenvalue weighted by molar-refractivity contribution is 6.01. The van der Waals surface area contributed by atoms with E-state index in [9.17, 15) is 9.59 Å². The Morgan fingerprint density at radius 3 is 2.55 bits per heavy atom. The molecule has 0 radical (unpaired) electrons. The molecule has 0 saturated heterocycles. The second-order valence-corrected chi connectivity index (χ2v) is 4.22. The third-order valence-corrected chi connectivity index (χ3v) is 2.78. The molecule has 0 saturated carbocycles. The number of aliphatic hydroxyl groups excluding tert-OH is 1. The number of amides is 2. The highest BCUT2D eigenvalue weighted by Gasteiger charge is 2.14. The molecule has 6 nitrogen and oxygen atoms in total. The predicted octanol–water partition coefficient (Wildman–Crippen LogP) is 1.41. The van der Waals surface area contributed by atoms with Gasteiger partial charge in [-0.25, -0.2) is 9.59 Å². The number of benzene rings is 2. The largest absolute Gasteiger partial charge is 0.479 e. The number of urea groups is 1. The van der Waals surface area contributed by atoms with Crippen molar-refractivity contribution in [2.24, 2.45) is 0 Å². The summed E-state index contributed by atoms with van der Waals surface area (Å²) >= 11 is 0. The molecule has 0 aliphatic rings. The normalized spacial score (nSPS) is 11.8. The molecule has 2 amide bonds. The van der Waals surface area contributed by atoms with E-state index in [2.05, 4.69) is 10.6 Å². The Kier molecular flexibility index (Phi) is 4.17. The minimum Gasteiger partial charge on any atom is -0.479 e. The molecule has 0 unspecified atom stereocenters. The van der Waals surface area contributed by atoms with Crippen LogP contribution in [0.4, 0.5) is 10.5 Å². The van der Waals surface area contributed by atoms with E-state index in [1.54, 1.807) is 6.07 Å². The average Bonchev–Trinajstić information content (AvgIpc) is 2.45. The van der Waals surface area contributed by atoms with Crippen molar-refractivity contribution >= 4 is 28.5 Å². The van der Waals surface area contributed by atoms with Crippen LogP contribution >= 0.6 is 0 Å². The fourth-order valence-electron chi connectivity index (χ4n) is 1.78. The Morgan fingerprint density at radius 1 is 1.10 bits per heavy atom. The molecular formula is C14H14N2O4. The summed E-state index contributed by atoms with van der Waals surface area (Å²) < 4.78 is 0. The predicted molar refractivity (Wildman–Crippen MR) is 74.6 cm³/mol. The second kappa shape index (κ2) is 6.03. The van der Waals surface area contributed by atoms with Crippen molar-refractivity contribution < 1.29 is 19.8 Å². The number of carboxylic acids is 1. The number of hydrogen-bond donors (Lipinski definition) is 4. The van der Waals surface area contributed by atoms with Gasteiger partial charge in [-0.05, 0) is 11.5 Å². The standard InChI is InChI=1S/C14H14N2O4/c17-12(13(18)19)8-15-14(20)16-11-7-3-5-9-4-1-2-6-10(9)11/h1-7,12,17H,8H2,(H,18,19)(H2,15,16,20)/t12-/m0/s1. The van der Waals surface area contributed by atoms with Gasteiger partial charge in [-0.1, -0.05) is 36.4 Å².